The number of H-pyrrole nitrogens is 1. The lowest BCUT2D eigenvalue weighted by Gasteiger charge is -2.20. The van der Waals surface area contributed by atoms with E-state index in [-0.39, 0.29) is 11.7 Å². The van der Waals surface area contributed by atoms with Gasteiger partial charge in [-0.3, -0.25) is 9.36 Å². The summed E-state index contributed by atoms with van der Waals surface area (Å²) in [5.41, 5.74) is 3.72. The lowest BCUT2D eigenvalue weighted by Crippen LogP contribution is -2.32. The van der Waals surface area contributed by atoms with Gasteiger partial charge in [0, 0.05) is 45.6 Å². The van der Waals surface area contributed by atoms with Crippen molar-refractivity contribution in [3.63, 3.8) is 0 Å². The van der Waals surface area contributed by atoms with Gasteiger partial charge >= 0.3 is 0 Å². The lowest BCUT2D eigenvalue weighted by atomic mass is 10.1. The summed E-state index contributed by atoms with van der Waals surface area (Å²) in [6.07, 6.45) is 1.94. The quantitative estimate of drug-likeness (QED) is 0.277. The van der Waals surface area contributed by atoms with Gasteiger partial charge in [0.15, 0.2) is 11.0 Å². The molecule has 0 fully saturated rings. The number of hydrogen-bond donors (Lipinski definition) is 1. The molecule has 0 spiro atoms. The first kappa shape index (κ1) is 22.3. The largest absolute Gasteiger partial charge is 0.360 e. The monoisotopic (exact) mass is 487 g/mol. The molecule has 0 aliphatic carbocycles. The van der Waals surface area contributed by atoms with Crippen molar-refractivity contribution < 1.29 is 4.79 Å². The number of carbonyl (C=O) groups excluding carboxylic acids is 1. The molecule has 5 rings (SSSR count). The van der Waals surface area contributed by atoms with E-state index in [1.54, 1.807) is 4.90 Å². The Morgan fingerprint density at radius 3 is 2.50 bits per heavy atom. The van der Waals surface area contributed by atoms with Gasteiger partial charge in [0.2, 0.25) is 5.91 Å². The van der Waals surface area contributed by atoms with E-state index in [4.69, 9.17) is 11.6 Å². The number of anilines is 1. The molecular weight excluding hydrogens is 466 g/mol. The van der Waals surface area contributed by atoms with E-state index in [1.165, 1.54) is 11.8 Å². The predicted octanol–water partition coefficient (Wildman–Crippen LogP) is 6.21. The van der Waals surface area contributed by atoms with Crippen molar-refractivity contribution in [3.8, 4) is 17.1 Å². The maximum absolute atomic E-state index is 13.1. The fourth-order valence-corrected chi connectivity index (χ4v) is 4.89. The molecule has 0 atom stereocenters. The molecule has 1 N–H and O–H groups in total. The number of benzene rings is 3. The second-order valence-electron chi connectivity index (χ2n) is 7.63. The van der Waals surface area contributed by atoms with E-state index in [0.29, 0.717) is 22.5 Å². The highest BCUT2D eigenvalue weighted by molar-refractivity contribution is 7.99. The van der Waals surface area contributed by atoms with Gasteiger partial charge < -0.3 is 9.88 Å². The summed E-state index contributed by atoms with van der Waals surface area (Å²) in [6, 6.07) is 25.3. The van der Waals surface area contributed by atoms with Crippen LogP contribution in [0.3, 0.4) is 0 Å². The molecule has 170 valence electrons. The van der Waals surface area contributed by atoms with Crippen LogP contribution in [-0.2, 0) is 4.79 Å². The average molecular weight is 488 g/mol. The van der Waals surface area contributed by atoms with Crippen molar-refractivity contribution in [2.45, 2.75) is 12.1 Å². The van der Waals surface area contributed by atoms with E-state index < -0.39 is 0 Å². The molecule has 0 unspecified atom stereocenters. The third-order valence-corrected chi connectivity index (χ3v) is 6.72. The van der Waals surface area contributed by atoms with E-state index in [0.717, 1.165) is 27.8 Å². The normalized spacial score (nSPS) is 11.1. The van der Waals surface area contributed by atoms with Gasteiger partial charge in [0.05, 0.1) is 5.75 Å². The van der Waals surface area contributed by atoms with Crippen LogP contribution < -0.4 is 4.90 Å². The molecule has 0 radical (unpaired) electrons. The summed E-state index contributed by atoms with van der Waals surface area (Å²) in [6.45, 7) is 2.56. The van der Waals surface area contributed by atoms with Crippen molar-refractivity contribution in [3.05, 3.63) is 90.1 Å². The molecule has 5 aromatic rings. The van der Waals surface area contributed by atoms with Crippen LogP contribution in [-0.4, -0.2) is 38.0 Å². The number of nitrogens with zero attached hydrogens (tertiary/aromatic N) is 4. The maximum atomic E-state index is 13.1. The number of hydrogen-bond acceptors (Lipinski definition) is 4. The fourth-order valence-electron chi connectivity index (χ4n) is 3.93. The molecule has 0 aliphatic heterocycles. The number of fused-ring (bicyclic) bond motifs is 1. The molecule has 3 aromatic carbocycles. The molecule has 0 aliphatic rings. The fraction of sp³-hybridized carbons (Fsp3) is 0.115. The highest BCUT2D eigenvalue weighted by atomic mass is 35.5. The predicted molar refractivity (Wildman–Crippen MR) is 139 cm³/mol. The Balaban J connectivity index is 1.50. The maximum Gasteiger partial charge on any atom is 0.237 e. The van der Waals surface area contributed by atoms with Crippen LogP contribution in [0.1, 0.15) is 6.92 Å². The van der Waals surface area contributed by atoms with Crippen molar-refractivity contribution in [2.24, 2.45) is 0 Å². The Hall–Kier alpha value is -3.55. The highest BCUT2D eigenvalue weighted by Crippen LogP contribution is 2.33. The minimum absolute atomic E-state index is 0.0120. The van der Waals surface area contributed by atoms with Gasteiger partial charge in [0.1, 0.15) is 0 Å². The van der Waals surface area contributed by atoms with Gasteiger partial charge in [-0.2, -0.15) is 0 Å². The summed E-state index contributed by atoms with van der Waals surface area (Å²) >= 11 is 7.51. The number of thioether (sulfide) groups is 1. The number of halogens is 1. The number of amides is 1. The first-order valence-electron chi connectivity index (χ1n) is 10.9. The molecule has 1 amide bonds. The minimum Gasteiger partial charge on any atom is -0.360 e. The van der Waals surface area contributed by atoms with Gasteiger partial charge in [-0.15, -0.1) is 10.2 Å². The van der Waals surface area contributed by atoms with E-state index in [1.807, 2.05) is 90.5 Å². The zero-order chi connectivity index (χ0) is 23.5. The topological polar surface area (TPSA) is 66.8 Å². The Kier molecular flexibility index (Phi) is 6.38. The number of para-hydroxylation sites is 2. The summed E-state index contributed by atoms with van der Waals surface area (Å²) in [7, 11) is 0. The molecule has 6 nitrogen and oxygen atoms in total. The first-order valence-corrected chi connectivity index (χ1v) is 12.3. The third kappa shape index (κ3) is 4.32. The number of carbonyl (C=O) groups is 1. The summed E-state index contributed by atoms with van der Waals surface area (Å²) in [5.74, 6) is 0.950. The summed E-state index contributed by atoms with van der Waals surface area (Å²) < 4.78 is 1.97. The van der Waals surface area contributed by atoms with Crippen molar-refractivity contribution in [2.75, 3.05) is 17.2 Å². The number of aromatic amines is 1. The molecule has 2 heterocycles. The lowest BCUT2D eigenvalue weighted by molar-refractivity contribution is -0.116. The van der Waals surface area contributed by atoms with Crippen LogP contribution in [0.15, 0.2) is 90.2 Å². The zero-order valence-electron chi connectivity index (χ0n) is 18.5. The Bertz CT molecular complexity index is 1430. The average Bonchev–Trinajstić information content (AvgIpc) is 3.48. The Labute approximate surface area is 206 Å². The molecule has 0 saturated heterocycles. The van der Waals surface area contributed by atoms with Gasteiger partial charge in [-0.25, -0.2) is 0 Å². The van der Waals surface area contributed by atoms with E-state index >= 15 is 0 Å². The van der Waals surface area contributed by atoms with Crippen molar-refractivity contribution in [1.29, 1.82) is 0 Å². The van der Waals surface area contributed by atoms with Crippen molar-refractivity contribution >= 4 is 45.9 Å². The van der Waals surface area contributed by atoms with Crippen LogP contribution in [0.4, 0.5) is 5.69 Å². The van der Waals surface area contributed by atoms with Crippen LogP contribution in [0.25, 0.3) is 28.0 Å². The van der Waals surface area contributed by atoms with E-state index in [9.17, 15) is 4.79 Å². The van der Waals surface area contributed by atoms with Crippen LogP contribution in [0.5, 0.6) is 0 Å². The second kappa shape index (κ2) is 9.75. The molecule has 8 heteroatoms. The first-order chi connectivity index (χ1) is 16.7. The van der Waals surface area contributed by atoms with Gasteiger partial charge in [-0.05, 0) is 49.4 Å². The van der Waals surface area contributed by atoms with E-state index in [2.05, 4.69) is 21.2 Å². The van der Waals surface area contributed by atoms with Crippen LogP contribution in [0.2, 0.25) is 5.02 Å². The van der Waals surface area contributed by atoms with Crippen LogP contribution >= 0.6 is 23.4 Å². The SMILES string of the molecule is CCN(C(=O)CSc1nnc(-c2c[nH]c3ccccc23)n1-c1ccc(Cl)cc1)c1ccccc1. The zero-order valence-corrected chi connectivity index (χ0v) is 20.1. The number of rotatable bonds is 7. The summed E-state index contributed by atoms with van der Waals surface area (Å²) in [4.78, 5) is 18.2. The molecule has 0 bridgehead atoms. The smallest absolute Gasteiger partial charge is 0.237 e. The Morgan fingerprint density at radius 2 is 1.74 bits per heavy atom. The van der Waals surface area contributed by atoms with Crippen molar-refractivity contribution in [1.82, 2.24) is 19.7 Å². The molecule has 2 aromatic heterocycles. The number of aromatic nitrogens is 4. The van der Waals surface area contributed by atoms with Gasteiger partial charge in [0.25, 0.3) is 0 Å². The number of nitrogens with one attached hydrogen (secondary N) is 1. The molecule has 34 heavy (non-hydrogen) atoms. The Morgan fingerprint density at radius 1 is 1.00 bits per heavy atom. The third-order valence-electron chi connectivity index (χ3n) is 5.56. The standard InChI is InChI=1S/C26H22ClN5OS/c1-2-31(19-8-4-3-5-9-19)24(33)17-34-26-30-29-25(32(26)20-14-12-18(27)13-15-20)22-16-28-23-11-7-6-10-21(22)23/h3-16,28H,2,17H2,1H3. The highest BCUT2D eigenvalue weighted by Gasteiger charge is 2.21. The molecular formula is C26H22ClN5OS. The molecule has 0 saturated carbocycles. The van der Waals surface area contributed by atoms with Crippen LogP contribution in [0, 0.1) is 0 Å². The van der Waals surface area contributed by atoms with Gasteiger partial charge in [-0.1, -0.05) is 59.8 Å². The minimum atomic E-state index is 0.0120. The summed E-state index contributed by atoms with van der Waals surface area (Å²) in [5, 5.41) is 11.3. The second-order valence-corrected chi connectivity index (χ2v) is 9.01.